The zero-order chi connectivity index (χ0) is 7.68. The van der Waals surface area contributed by atoms with Gasteiger partial charge >= 0.3 is 0 Å². The van der Waals surface area contributed by atoms with E-state index in [1.54, 1.807) is 0 Å². The van der Waals surface area contributed by atoms with Crippen molar-refractivity contribution in [1.82, 2.24) is 30.6 Å². The molecule has 2 rings (SSSR count). The first-order valence-electron chi connectivity index (χ1n) is 2.94. The molecule has 0 atom stereocenters. The van der Waals surface area contributed by atoms with Gasteiger partial charge in [-0.05, 0) is 6.08 Å². The van der Waals surface area contributed by atoms with Crippen LogP contribution in [0.15, 0.2) is 6.58 Å². The lowest BCUT2D eigenvalue weighted by Crippen LogP contribution is -1.91. The fraction of sp³-hybridized carbons (Fsp3) is 0. The molecule has 0 aliphatic heterocycles. The predicted molar refractivity (Wildman–Crippen MR) is 37.4 cm³/mol. The number of hydrogen-bond acceptors (Lipinski definition) is 5. The van der Waals surface area contributed by atoms with Crippen LogP contribution in [-0.4, -0.2) is 30.6 Å². The summed E-state index contributed by atoms with van der Waals surface area (Å²) in [4.78, 5) is 3.98. The molecule has 2 aromatic rings. The van der Waals surface area contributed by atoms with E-state index in [1.807, 2.05) is 0 Å². The molecule has 0 saturated carbocycles. The Morgan fingerprint density at radius 1 is 1.27 bits per heavy atom. The summed E-state index contributed by atoms with van der Waals surface area (Å²) in [6.07, 6.45) is 1.51. The highest BCUT2D eigenvalue weighted by atomic mass is 15.4. The van der Waals surface area contributed by atoms with E-state index in [1.165, 1.54) is 6.08 Å². The van der Waals surface area contributed by atoms with Crippen LogP contribution in [0.25, 0.3) is 17.4 Å². The molecule has 2 heterocycles. The fourth-order valence-electron chi connectivity index (χ4n) is 0.681. The van der Waals surface area contributed by atoms with Gasteiger partial charge in [0.2, 0.25) is 5.65 Å². The summed E-state index contributed by atoms with van der Waals surface area (Å²) in [5.74, 6) is 0.462. The van der Waals surface area contributed by atoms with E-state index in [0.29, 0.717) is 17.1 Å². The maximum absolute atomic E-state index is 3.98. The molecule has 0 radical (unpaired) electrons. The minimum Gasteiger partial charge on any atom is -0.239 e. The van der Waals surface area contributed by atoms with E-state index in [4.69, 9.17) is 0 Å². The highest BCUT2D eigenvalue weighted by Crippen LogP contribution is 1.98. The Hall–Kier alpha value is -1.85. The second-order valence-electron chi connectivity index (χ2n) is 1.86. The first-order chi connectivity index (χ1) is 5.40. The van der Waals surface area contributed by atoms with Crippen molar-refractivity contribution in [2.24, 2.45) is 0 Å². The third kappa shape index (κ3) is 0.841. The Morgan fingerprint density at radius 2 is 2.18 bits per heavy atom. The van der Waals surface area contributed by atoms with Crippen LogP contribution in [0, 0.1) is 0 Å². The van der Waals surface area contributed by atoms with E-state index < -0.39 is 0 Å². The number of aromatic nitrogens is 6. The number of nitrogens with one attached hydrogen (secondary N) is 1. The zero-order valence-corrected chi connectivity index (χ0v) is 5.52. The highest BCUT2D eigenvalue weighted by molar-refractivity contribution is 5.63. The summed E-state index contributed by atoms with van der Waals surface area (Å²) in [7, 11) is 0. The third-order valence-electron chi connectivity index (χ3n) is 1.17. The SMILES string of the molecule is C=Cc1nnc2nn[nH]c2n1. The van der Waals surface area contributed by atoms with Crippen molar-refractivity contribution in [3.05, 3.63) is 12.4 Å². The molecular weight excluding hydrogens is 144 g/mol. The lowest BCUT2D eigenvalue weighted by atomic mass is 10.6. The minimum absolute atomic E-state index is 0.413. The molecule has 0 unspecified atom stereocenters. The van der Waals surface area contributed by atoms with E-state index in [0.717, 1.165) is 0 Å². The van der Waals surface area contributed by atoms with Gasteiger partial charge in [0, 0.05) is 0 Å². The van der Waals surface area contributed by atoms with E-state index in [-0.39, 0.29) is 0 Å². The van der Waals surface area contributed by atoms with Gasteiger partial charge in [-0.2, -0.15) is 0 Å². The van der Waals surface area contributed by atoms with Gasteiger partial charge in [0.15, 0.2) is 11.5 Å². The van der Waals surface area contributed by atoms with E-state index >= 15 is 0 Å². The van der Waals surface area contributed by atoms with Crippen LogP contribution < -0.4 is 0 Å². The van der Waals surface area contributed by atoms with Gasteiger partial charge in [-0.1, -0.05) is 11.8 Å². The third-order valence-corrected chi connectivity index (χ3v) is 1.17. The van der Waals surface area contributed by atoms with Gasteiger partial charge < -0.3 is 0 Å². The van der Waals surface area contributed by atoms with Crippen molar-refractivity contribution >= 4 is 17.4 Å². The molecule has 0 aliphatic carbocycles. The Labute approximate surface area is 61.4 Å². The summed E-state index contributed by atoms with van der Waals surface area (Å²) in [6, 6.07) is 0. The van der Waals surface area contributed by atoms with E-state index in [9.17, 15) is 0 Å². The molecule has 11 heavy (non-hydrogen) atoms. The standard InChI is InChI=1S/C5H4N6/c1-2-3-6-4-5(8-7-3)10-11-9-4/h2H,1H2,(H,6,7,8,9,10,11). The highest BCUT2D eigenvalue weighted by Gasteiger charge is 2.00. The van der Waals surface area contributed by atoms with Crippen molar-refractivity contribution in [3.63, 3.8) is 0 Å². The quantitative estimate of drug-likeness (QED) is 0.605. The summed E-state index contributed by atoms with van der Waals surface area (Å²) >= 11 is 0. The second kappa shape index (κ2) is 2.08. The van der Waals surface area contributed by atoms with Gasteiger partial charge in [-0.25, -0.2) is 10.1 Å². The molecule has 0 aromatic carbocycles. The monoisotopic (exact) mass is 148 g/mol. The predicted octanol–water partition coefficient (Wildman–Crippen LogP) is -0.214. The van der Waals surface area contributed by atoms with Crippen LogP contribution in [0.5, 0.6) is 0 Å². The van der Waals surface area contributed by atoms with Crippen LogP contribution in [0.3, 0.4) is 0 Å². The van der Waals surface area contributed by atoms with Crippen molar-refractivity contribution in [2.45, 2.75) is 0 Å². The number of rotatable bonds is 1. The van der Waals surface area contributed by atoms with Crippen LogP contribution >= 0.6 is 0 Å². The second-order valence-corrected chi connectivity index (χ2v) is 1.86. The van der Waals surface area contributed by atoms with Crippen molar-refractivity contribution in [3.8, 4) is 0 Å². The molecular formula is C5H4N6. The van der Waals surface area contributed by atoms with Gasteiger partial charge in [0.25, 0.3) is 0 Å². The Kier molecular flexibility index (Phi) is 1.12. The number of aromatic amines is 1. The smallest absolute Gasteiger partial charge is 0.239 e. The molecule has 54 valence electrons. The molecule has 0 fully saturated rings. The molecule has 0 aliphatic rings. The van der Waals surface area contributed by atoms with E-state index in [2.05, 4.69) is 37.2 Å². The average molecular weight is 148 g/mol. The van der Waals surface area contributed by atoms with Crippen LogP contribution in [0.1, 0.15) is 5.82 Å². The summed E-state index contributed by atoms with van der Waals surface area (Å²) in [5.41, 5.74) is 0.936. The fourth-order valence-corrected chi connectivity index (χ4v) is 0.681. The first-order valence-corrected chi connectivity index (χ1v) is 2.94. The summed E-state index contributed by atoms with van der Waals surface area (Å²) in [6.45, 7) is 3.50. The maximum Gasteiger partial charge on any atom is 0.242 e. The van der Waals surface area contributed by atoms with Crippen LogP contribution in [0.2, 0.25) is 0 Å². The molecule has 0 bridgehead atoms. The topological polar surface area (TPSA) is 80.2 Å². The number of H-pyrrole nitrogens is 1. The maximum atomic E-state index is 3.98. The minimum atomic E-state index is 0.413. The number of hydrogen-bond donors (Lipinski definition) is 1. The number of nitrogens with zero attached hydrogens (tertiary/aromatic N) is 5. The van der Waals surface area contributed by atoms with Crippen LogP contribution in [-0.2, 0) is 0 Å². The molecule has 6 heteroatoms. The van der Waals surface area contributed by atoms with Crippen molar-refractivity contribution in [2.75, 3.05) is 0 Å². The lowest BCUT2D eigenvalue weighted by molar-refractivity contribution is 0.945. The van der Waals surface area contributed by atoms with Crippen molar-refractivity contribution in [1.29, 1.82) is 0 Å². The van der Waals surface area contributed by atoms with Gasteiger partial charge in [-0.15, -0.1) is 15.3 Å². The molecule has 1 N–H and O–H groups in total. The van der Waals surface area contributed by atoms with Crippen molar-refractivity contribution < 1.29 is 0 Å². The Balaban J connectivity index is 2.76. The normalized spacial score (nSPS) is 10.2. The molecule has 2 aromatic heterocycles. The molecule has 0 saturated heterocycles. The average Bonchev–Trinajstić information content (AvgIpc) is 2.50. The zero-order valence-electron chi connectivity index (χ0n) is 5.52. The number of fused-ring (bicyclic) bond motifs is 1. The first kappa shape index (κ1) is 5.90. The summed E-state index contributed by atoms with van der Waals surface area (Å²) < 4.78 is 0. The Bertz CT molecular complexity index is 391. The summed E-state index contributed by atoms with van der Waals surface area (Å²) in [5, 5.41) is 17.1. The largest absolute Gasteiger partial charge is 0.242 e. The molecule has 0 amide bonds. The molecule has 6 nitrogen and oxygen atoms in total. The van der Waals surface area contributed by atoms with Crippen LogP contribution in [0.4, 0.5) is 0 Å². The van der Waals surface area contributed by atoms with Gasteiger partial charge in [0.1, 0.15) is 0 Å². The van der Waals surface area contributed by atoms with Gasteiger partial charge in [-0.3, -0.25) is 0 Å². The van der Waals surface area contributed by atoms with Gasteiger partial charge in [0.05, 0.1) is 0 Å². The Morgan fingerprint density at radius 3 is 3.00 bits per heavy atom. The lowest BCUT2D eigenvalue weighted by Gasteiger charge is -1.86. The molecule has 0 spiro atoms.